The maximum Gasteiger partial charge on any atom is 0.258 e. The predicted octanol–water partition coefficient (Wildman–Crippen LogP) is 4.83. The van der Waals surface area contributed by atoms with Gasteiger partial charge in [0.1, 0.15) is 0 Å². The Morgan fingerprint density at radius 2 is 1.84 bits per heavy atom. The van der Waals surface area contributed by atoms with E-state index in [9.17, 15) is 0 Å². The van der Waals surface area contributed by atoms with Crippen LogP contribution >= 0.6 is 12.2 Å². The number of rotatable bonds is 7. The first-order valence-corrected chi connectivity index (χ1v) is 10.9. The lowest BCUT2D eigenvalue weighted by molar-refractivity contribution is 0.355. The van der Waals surface area contributed by atoms with E-state index in [-0.39, 0.29) is 6.04 Å². The second kappa shape index (κ2) is 9.40. The average molecular weight is 451 g/mol. The Morgan fingerprint density at radius 1 is 1.09 bits per heavy atom. The summed E-state index contributed by atoms with van der Waals surface area (Å²) in [7, 11) is 3.20. The molecule has 7 nitrogen and oxygen atoms in total. The minimum absolute atomic E-state index is 0.185. The fourth-order valence-corrected chi connectivity index (χ4v) is 4.22. The zero-order valence-corrected chi connectivity index (χ0v) is 19.4. The van der Waals surface area contributed by atoms with Crippen molar-refractivity contribution in [1.82, 2.24) is 20.4 Å². The molecule has 8 heteroatoms. The van der Waals surface area contributed by atoms with Gasteiger partial charge in [0, 0.05) is 17.8 Å². The topological polar surface area (TPSA) is 72.7 Å². The molecule has 1 unspecified atom stereocenters. The molecular weight excluding hydrogens is 424 g/mol. The number of nitrogens with zero attached hydrogens (tertiary/aromatic N) is 3. The zero-order chi connectivity index (χ0) is 22.7. The highest BCUT2D eigenvalue weighted by atomic mass is 32.1. The highest BCUT2D eigenvalue weighted by Crippen LogP contribution is 2.38. The van der Waals surface area contributed by atoms with Gasteiger partial charge in [-0.25, -0.2) is 0 Å². The van der Waals surface area contributed by atoms with Crippen molar-refractivity contribution < 1.29 is 14.0 Å². The van der Waals surface area contributed by atoms with Crippen LogP contribution in [-0.4, -0.2) is 40.9 Å². The van der Waals surface area contributed by atoms with E-state index in [1.807, 2.05) is 43.3 Å². The van der Waals surface area contributed by atoms with Gasteiger partial charge in [-0.05, 0) is 49.3 Å². The Morgan fingerprint density at radius 3 is 2.53 bits per heavy atom. The van der Waals surface area contributed by atoms with Crippen LogP contribution in [0.2, 0.25) is 0 Å². The molecule has 32 heavy (non-hydrogen) atoms. The average Bonchev–Trinajstić information content (AvgIpc) is 3.31. The number of benzene rings is 2. The van der Waals surface area contributed by atoms with Crippen LogP contribution in [0.25, 0.3) is 17.0 Å². The van der Waals surface area contributed by atoms with Gasteiger partial charge in [-0.15, -0.1) is 0 Å². The molecule has 1 N–H and O–H groups in total. The highest BCUT2D eigenvalue weighted by molar-refractivity contribution is 7.80. The van der Waals surface area contributed by atoms with E-state index >= 15 is 0 Å². The number of hydrogen-bond donors (Lipinski definition) is 1. The Kier molecular flexibility index (Phi) is 6.41. The summed E-state index contributed by atoms with van der Waals surface area (Å²) in [4.78, 5) is 6.83. The van der Waals surface area contributed by atoms with Crippen LogP contribution in [0.4, 0.5) is 0 Å². The van der Waals surface area contributed by atoms with Crippen molar-refractivity contribution in [2.45, 2.75) is 26.3 Å². The summed E-state index contributed by atoms with van der Waals surface area (Å²) in [6, 6.07) is 15.5. The minimum atomic E-state index is -0.185. The number of hydrogen-bond acceptors (Lipinski definition) is 6. The molecule has 0 saturated heterocycles. The Balaban J connectivity index is 1.79. The molecule has 1 aliphatic heterocycles. The summed E-state index contributed by atoms with van der Waals surface area (Å²) in [6.45, 7) is 4.98. The Bertz CT molecular complexity index is 1140. The van der Waals surface area contributed by atoms with Crippen LogP contribution in [0.3, 0.4) is 0 Å². The van der Waals surface area contributed by atoms with E-state index in [1.54, 1.807) is 14.2 Å². The zero-order valence-electron chi connectivity index (χ0n) is 18.6. The molecule has 0 radical (unpaired) electrons. The molecular formula is C24H26N4O3S. The second-order valence-corrected chi connectivity index (χ2v) is 7.82. The first kappa shape index (κ1) is 21.8. The number of methoxy groups -OCH3 is 2. The van der Waals surface area contributed by atoms with E-state index in [0.717, 1.165) is 35.4 Å². The summed E-state index contributed by atoms with van der Waals surface area (Å²) >= 11 is 5.67. The summed E-state index contributed by atoms with van der Waals surface area (Å²) in [5.74, 6) is 2.18. The normalized spacial score (nSPS) is 16.2. The molecule has 0 spiro atoms. The van der Waals surface area contributed by atoms with Gasteiger partial charge >= 0.3 is 0 Å². The molecule has 0 amide bonds. The van der Waals surface area contributed by atoms with Crippen molar-refractivity contribution in [3.8, 4) is 22.9 Å². The fourth-order valence-electron chi connectivity index (χ4n) is 3.87. The molecule has 2 aromatic carbocycles. The van der Waals surface area contributed by atoms with Gasteiger partial charge in [-0.1, -0.05) is 42.4 Å². The van der Waals surface area contributed by atoms with Crippen LogP contribution in [0.15, 0.2) is 58.8 Å². The largest absolute Gasteiger partial charge is 0.493 e. The van der Waals surface area contributed by atoms with Crippen molar-refractivity contribution in [2.24, 2.45) is 0 Å². The number of allylic oxidation sites excluding steroid dienone is 1. The third-order valence-corrected chi connectivity index (χ3v) is 5.81. The van der Waals surface area contributed by atoms with Crippen molar-refractivity contribution >= 4 is 22.9 Å². The van der Waals surface area contributed by atoms with Crippen molar-refractivity contribution in [3.63, 3.8) is 0 Å². The lowest BCUT2D eigenvalue weighted by atomic mass is 9.95. The molecule has 4 rings (SSSR count). The SMILES string of the molecule is CCCN1C(=S)NC(c2ccccc2)C(c2nc(-c3ccc(OC)c(OC)c3)no2)=C1C. The quantitative estimate of drug-likeness (QED) is 0.514. The fraction of sp³-hybridized carbons (Fsp3) is 0.292. The van der Waals surface area contributed by atoms with Gasteiger partial charge in [0.05, 0.1) is 25.8 Å². The molecule has 1 aromatic heterocycles. The monoisotopic (exact) mass is 450 g/mol. The van der Waals surface area contributed by atoms with Crippen LogP contribution in [-0.2, 0) is 0 Å². The van der Waals surface area contributed by atoms with Gasteiger partial charge in [0.25, 0.3) is 5.89 Å². The lowest BCUT2D eigenvalue weighted by Crippen LogP contribution is -2.46. The number of thiocarbonyl (C=S) groups is 1. The Labute approximate surface area is 193 Å². The second-order valence-electron chi connectivity index (χ2n) is 7.44. The van der Waals surface area contributed by atoms with Crippen LogP contribution in [0.5, 0.6) is 11.5 Å². The van der Waals surface area contributed by atoms with Gasteiger partial charge in [-0.2, -0.15) is 4.98 Å². The molecule has 1 atom stereocenters. The number of ether oxygens (including phenoxy) is 2. The number of aromatic nitrogens is 2. The van der Waals surface area contributed by atoms with Gasteiger partial charge < -0.3 is 24.2 Å². The van der Waals surface area contributed by atoms with Crippen molar-refractivity contribution in [1.29, 1.82) is 0 Å². The minimum Gasteiger partial charge on any atom is -0.493 e. The predicted molar refractivity (Wildman–Crippen MR) is 127 cm³/mol. The van der Waals surface area contributed by atoms with Gasteiger partial charge in [-0.3, -0.25) is 0 Å². The molecule has 166 valence electrons. The first-order valence-electron chi connectivity index (χ1n) is 10.5. The summed E-state index contributed by atoms with van der Waals surface area (Å²) in [5.41, 5.74) is 3.77. The van der Waals surface area contributed by atoms with E-state index in [2.05, 4.69) is 34.4 Å². The van der Waals surface area contributed by atoms with E-state index < -0.39 is 0 Å². The molecule has 1 aliphatic rings. The molecule has 3 aromatic rings. The summed E-state index contributed by atoms with van der Waals surface area (Å²) in [5, 5.41) is 8.41. The third kappa shape index (κ3) is 4.05. The van der Waals surface area contributed by atoms with Crippen molar-refractivity contribution in [2.75, 3.05) is 20.8 Å². The lowest BCUT2D eigenvalue weighted by Gasteiger charge is -2.37. The first-order chi connectivity index (χ1) is 15.6. The van der Waals surface area contributed by atoms with Crippen LogP contribution in [0, 0.1) is 0 Å². The summed E-state index contributed by atoms with van der Waals surface area (Å²) < 4.78 is 16.5. The molecule has 0 saturated carbocycles. The summed E-state index contributed by atoms with van der Waals surface area (Å²) in [6.07, 6.45) is 0.961. The number of nitrogens with one attached hydrogen (secondary N) is 1. The van der Waals surface area contributed by atoms with E-state index in [0.29, 0.717) is 28.3 Å². The van der Waals surface area contributed by atoms with Crippen LogP contribution < -0.4 is 14.8 Å². The molecule has 2 heterocycles. The van der Waals surface area contributed by atoms with Crippen LogP contribution in [0.1, 0.15) is 37.8 Å². The van der Waals surface area contributed by atoms with E-state index in [4.69, 9.17) is 31.2 Å². The third-order valence-electron chi connectivity index (χ3n) is 5.47. The Hall–Kier alpha value is -3.39. The maximum absolute atomic E-state index is 5.77. The molecule has 0 bridgehead atoms. The van der Waals surface area contributed by atoms with Crippen molar-refractivity contribution in [3.05, 3.63) is 65.7 Å². The van der Waals surface area contributed by atoms with E-state index in [1.165, 1.54) is 0 Å². The molecule has 0 aliphatic carbocycles. The smallest absolute Gasteiger partial charge is 0.258 e. The standard InChI is InChI=1S/C24H26N4O3S/c1-5-13-28-15(2)20(21(25-24(28)32)16-9-7-6-8-10-16)23-26-22(27-31-23)17-11-12-18(29-3)19(14-17)30-4/h6-12,14,21H,5,13H2,1-4H3,(H,25,32). The maximum atomic E-state index is 5.77. The molecule has 0 fully saturated rings. The van der Waals surface area contributed by atoms with Gasteiger partial charge in [0.15, 0.2) is 16.6 Å². The highest BCUT2D eigenvalue weighted by Gasteiger charge is 2.33. The van der Waals surface area contributed by atoms with Gasteiger partial charge in [0.2, 0.25) is 5.82 Å².